The molecule has 0 spiro atoms. The number of amides is 2. The third-order valence-electron chi connectivity index (χ3n) is 9.66. The van der Waals surface area contributed by atoms with Gasteiger partial charge in [0.25, 0.3) is 0 Å². The topological polar surface area (TPSA) is 105 Å². The van der Waals surface area contributed by atoms with E-state index in [9.17, 15) is 45.8 Å². The maximum Gasteiger partial charge on any atom is 0.416 e. The van der Waals surface area contributed by atoms with Crippen LogP contribution in [0.15, 0.2) is 91.0 Å². The van der Waals surface area contributed by atoms with E-state index in [1.165, 1.54) is 53.4 Å². The van der Waals surface area contributed by atoms with Gasteiger partial charge in [-0.1, -0.05) is 31.0 Å². The zero-order valence-electron chi connectivity index (χ0n) is 28.8. The molecule has 2 aliphatic rings. The number of carboxylic acid groups (broad SMARTS) is 1. The molecule has 2 amide bonds. The van der Waals surface area contributed by atoms with Gasteiger partial charge >= 0.3 is 18.3 Å². The van der Waals surface area contributed by atoms with Gasteiger partial charge in [-0.25, -0.2) is 0 Å². The van der Waals surface area contributed by atoms with Crippen LogP contribution in [0.5, 0.6) is 23.0 Å². The number of rotatable bonds is 11. The van der Waals surface area contributed by atoms with E-state index in [1.54, 1.807) is 18.2 Å². The van der Waals surface area contributed by atoms with Crippen molar-refractivity contribution in [1.82, 2.24) is 10.2 Å². The Balaban J connectivity index is 1.25. The number of alkyl halides is 6. The highest BCUT2D eigenvalue weighted by molar-refractivity contribution is 5.90. The highest BCUT2D eigenvalue weighted by atomic mass is 19.4. The molecule has 0 saturated heterocycles. The zero-order chi connectivity index (χ0) is 38.6. The smallest absolute Gasteiger partial charge is 0.416 e. The summed E-state index contributed by atoms with van der Waals surface area (Å²) in [5, 5.41) is 12.6. The van der Waals surface area contributed by atoms with Crippen LogP contribution in [0.25, 0.3) is 0 Å². The van der Waals surface area contributed by atoms with Gasteiger partial charge in [0.15, 0.2) is 0 Å². The van der Waals surface area contributed by atoms with Crippen LogP contribution >= 0.6 is 0 Å². The number of benzene rings is 4. The van der Waals surface area contributed by atoms with Gasteiger partial charge < -0.3 is 24.8 Å². The molecule has 54 heavy (non-hydrogen) atoms. The average Bonchev–Trinajstić information content (AvgIpc) is 3.63. The molecule has 1 aliphatic heterocycles. The van der Waals surface area contributed by atoms with Crippen LogP contribution in [0, 0.1) is 5.92 Å². The predicted octanol–water partition coefficient (Wildman–Crippen LogP) is 9.65. The standard InChI is InChI=1S/C40H36F6N2O6/c41-39(42,43)27-8-15-30(16-9-27)53-29-12-6-26(7-13-29)34(23-36(50)51)47-38(52)37-33-22-32(54-31-17-10-28(11-18-31)40(44,45)46)14-5-25(33)19-20-48(37)35(49)21-24-3-1-2-4-24/h5-18,22,24,34,37H,1-4,19-21,23H2,(H,47,52)(H,50,51). The van der Waals surface area contributed by atoms with Gasteiger partial charge in [0, 0.05) is 13.0 Å². The summed E-state index contributed by atoms with van der Waals surface area (Å²) in [4.78, 5) is 41.7. The maximum atomic E-state index is 14.3. The number of carboxylic acids is 1. The Morgan fingerprint density at radius 2 is 1.24 bits per heavy atom. The van der Waals surface area contributed by atoms with Crippen LogP contribution in [0.1, 0.15) is 78.4 Å². The normalized spacial score (nSPS) is 16.7. The van der Waals surface area contributed by atoms with Gasteiger partial charge in [-0.3, -0.25) is 14.4 Å². The fourth-order valence-corrected chi connectivity index (χ4v) is 6.93. The molecule has 0 aromatic heterocycles. The second kappa shape index (κ2) is 15.8. The molecule has 1 fully saturated rings. The molecule has 284 valence electrons. The van der Waals surface area contributed by atoms with Crippen molar-refractivity contribution < 1.29 is 55.3 Å². The summed E-state index contributed by atoms with van der Waals surface area (Å²) in [5.74, 6) is -1.14. The van der Waals surface area contributed by atoms with Crippen molar-refractivity contribution >= 4 is 17.8 Å². The summed E-state index contributed by atoms with van der Waals surface area (Å²) < 4.78 is 89.8. The molecule has 8 nitrogen and oxygen atoms in total. The first kappa shape index (κ1) is 38.2. The van der Waals surface area contributed by atoms with E-state index in [0.29, 0.717) is 17.5 Å². The molecule has 1 heterocycles. The van der Waals surface area contributed by atoms with Gasteiger partial charge in [0.1, 0.15) is 29.0 Å². The number of fused-ring (bicyclic) bond motifs is 1. The van der Waals surface area contributed by atoms with Crippen LogP contribution in [0.4, 0.5) is 26.3 Å². The minimum absolute atomic E-state index is 0.126. The molecule has 4 aromatic rings. The number of halogens is 6. The van der Waals surface area contributed by atoms with Gasteiger partial charge in [-0.15, -0.1) is 0 Å². The van der Waals surface area contributed by atoms with Crippen LogP contribution in [0.2, 0.25) is 0 Å². The number of aliphatic carboxylic acids is 1. The van der Waals surface area contributed by atoms with Crippen LogP contribution < -0.4 is 14.8 Å². The minimum Gasteiger partial charge on any atom is -0.481 e. The van der Waals surface area contributed by atoms with E-state index < -0.39 is 53.9 Å². The van der Waals surface area contributed by atoms with Gasteiger partial charge in [-0.05, 0) is 115 Å². The highest BCUT2D eigenvalue weighted by Crippen LogP contribution is 2.38. The van der Waals surface area contributed by atoms with E-state index in [4.69, 9.17) is 9.47 Å². The van der Waals surface area contributed by atoms with Crippen molar-refractivity contribution in [3.05, 3.63) is 119 Å². The summed E-state index contributed by atoms with van der Waals surface area (Å²) in [7, 11) is 0. The lowest BCUT2D eigenvalue weighted by Gasteiger charge is -2.38. The summed E-state index contributed by atoms with van der Waals surface area (Å²) in [6, 6.07) is 17.0. The van der Waals surface area contributed by atoms with Gasteiger partial charge in [0.05, 0.1) is 23.6 Å². The Bertz CT molecular complexity index is 1960. The zero-order valence-corrected chi connectivity index (χ0v) is 28.8. The highest BCUT2D eigenvalue weighted by Gasteiger charge is 2.38. The van der Waals surface area contributed by atoms with Crippen molar-refractivity contribution in [2.24, 2.45) is 5.92 Å². The third kappa shape index (κ3) is 9.33. The Kier molecular flexibility index (Phi) is 11.2. The third-order valence-corrected chi connectivity index (χ3v) is 9.66. The molecule has 2 atom stereocenters. The molecular formula is C40H36F6N2O6. The number of hydrogen-bond donors (Lipinski definition) is 2. The molecular weight excluding hydrogens is 718 g/mol. The predicted molar refractivity (Wildman–Crippen MR) is 184 cm³/mol. The number of nitrogens with zero attached hydrogens (tertiary/aromatic N) is 1. The summed E-state index contributed by atoms with van der Waals surface area (Å²) in [6.07, 6.45) is -5.04. The molecule has 4 aromatic carbocycles. The minimum atomic E-state index is -4.52. The first-order chi connectivity index (χ1) is 25.6. The first-order valence-corrected chi connectivity index (χ1v) is 17.4. The summed E-state index contributed by atoms with van der Waals surface area (Å²) >= 11 is 0. The second-order valence-electron chi connectivity index (χ2n) is 13.4. The Hall–Kier alpha value is -5.53. The van der Waals surface area contributed by atoms with E-state index in [0.717, 1.165) is 55.5 Å². The molecule has 2 unspecified atom stereocenters. The number of hydrogen-bond acceptors (Lipinski definition) is 5. The van der Waals surface area contributed by atoms with Crippen molar-refractivity contribution in [3.63, 3.8) is 0 Å². The molecule has 2 N–H and O–H groups in total. The molecule has 14 heteroatoms. The Morgan fingerprint density at radius 1 is 0.741 bits per heavy atom. The fraction of sp³-hybridized carbons (Fsp3) is 0.325. The quantitative estimate of drug-likeness (QED) is 0.148. The van der Waals surface area contributed by atoms with Crippen molar-refractivity contribution in [3.8, 4) is 23.0 Å². The second-order valence-corrected chi connectivity index (χ2v) is 13.4. The number of carbonyl (C=O) groups excluding carboxylic acids is 2. The van der Waals surface area contributed by atoms with Crippen molar-refractivity contribution in [2.45, 2.75) is 69.4 Å². The molecule has 6 rings (SSSR count). The Labute approximate surface area is 306 Å². The van der Waals surface area contributed by atoms with E-state index in [-0.39, 0.29) is 47.8 Å². The van der Waals surface area contributed by atoms with Crippen LogP contribution in [0.3, 0.4) is 0 Å². The first-order valence-electron chi connectivity index (χ1n) is 17.4. The number of ether oxygens (including phenoxy) is 2. The summed E-state index contributed by atoms with van der Waals surface area (Å²) in [5.41, 5.74) is -0.0909. The number of carbonyl (C=O) groups is 3. The van der Waals surface area contributed by atoms with Crippen molar-refractivity contribution in [1.29, 1.82) is 0 Å². The van der Waals surface area contributed by atoms with Crippen LogP contribution in [-0.4, -0.2) is 34.3 Å². The SMILES string of the molecule is O=C(O)CC(NC(=O)C1c2cc(Oc3ccc(C(F)(F)F)cc3)ccc2CCN1C(=O)CC1CCCC1)c1ccc(Oc2ccc(C(F)(F)F)cc2)cc1. The lowest BCUT2D eigenvalue weighted by molar-refractivity contribution is -0.143. The molecule has 1 aliphatic carbocycles. The lowest BCUT2D eigenvalue weighted by atomic mass is 9.90. The van der Waals surface area contributed by atoms with Gasteiger partial charge in [-0.2, -0.15) is 26.3 Å². The van der Waals surface area contributed by atoms with Gasteiger partial charge in [0.2, 0.25) is 11.8 Å². The maximum absolute atomic E-state index is 14.3. The van der Waals surface area contributed by atoms with E-state index in [1.807, 2.05) is 0 Å². The average molecular weight is 755 g/mol. The molecule has 0 bridgehead atoms. The summed E-state index contributed by atoms with van der Waals surface area (Å²) in [6.45, 7) is 0.231. The van der Waals surface area contributed by atoms with Crippen LogP contribution in [-0.2, 0) is 33.2 Å². The largest absolute Gasteiger partial charge is 0.481 e. The monoisotopic (exact) mass is 754 g/mol. The Morgan fingerprint density at radius 3 is 1.76 bits per heavy atom. The van der Waals surface area contributed by atoms with E-state index in [2.05, 4.69) is 5.32 Å². The lowest BCUT2D eigenvalue weighted by Crippen LogP contribution is -2.48. The van der Waals surface area contributed by atoms with E-state index >= 15 is 0 Å². The fourth-order valence-electron chi connectivity index (χ4n) is 6.93. The molecule has 0 radical (unpaired) electrons. The van der Waals surface area contributed by atoms with Crippen molar-refractivity contribution in [2.75, 3.05) is 6.54 Å². The number of nitrogens with one attached hydrogen (secondary N) is 1. The molecule has 1 saturated carbocycles.